The van der Waals surface area contributed by atoms with Crippen LogP contribution < -0.4 is 10.1 Å². The summed E-state index contributed by atoms with van der Waals surface area (Å²) in [6.07, 6.45) is 0.476. The van der Waals surface area contributed by atoms with Crippen molar-refractivity contribution < 1.29 is 9.53 Å². The van der Waals surface area contributed by atoms with Crippen LogP contribution in [0.25, 0.3) is 0 Å². The van der Waals surface area contributed by atoms with E-state index in [0.29, 0.717) is 6.42 Å². The molecule has 100 valence electrons. The fourth-order valence-electron chi connectivity index (χ4n) is 1.94. The van der Waals surface area contributed by atoms with Crippen molar-refractivity contribution >= 4 is 18.3 Å². The zero-order chi connectivity index (χ0) is 12.1. The van der Waals surface area contributed by atoms with Gasteiger partial charge in [0, 0.05) is 26.2 Å². The molecule has 5 heteroatoms. The number of hydrogen-bond acceptors (Lipinski definition) is 3. The van der Waals surface area contributed by atoms with Crippen molar-refractivity contribution in [3.8, 4) is 5.75 Å². The van der Waals surface area contributed by atoms with Crippen LogP contribution in [0.2, 0.25) is 0 Å². The van der Waals surface area contributed by atoms with Crippen LogP contribution in [-0.2, 0) is 11.2 Å². The topological polar surface area (TPSA) is 41.6 Å². The van der Waals surface area contributed by atoms with E-state index in [0.717, 1.165) is 37.5 Å². The number of methoxy groups -OCH3 is 1. The largest absolute Gasteiger partial charge is 0.497 e. The Kier molecular flexibility index (Phi) is 5.95. The van der Waals surface area contributed by atoms with E-state index >= 15 is 0 Å². The number of halogens is 1. The first kappa shape index (κ1) is 14.8. The van der Waals surface area contributed by atoms with Gasteiger partial charge in [-0.2, -0.15) is 0 Å². The van der Waals surface area contributed by atoms with E-state index in [1.54, 1.807) is 7.11 Å². The van der Waals surface area contributed by atoms with Gasteiger partial charge in [0.2, 0.25) is 5.91 Å². The van der Waals surface area contributed by atoms with Crippen molar-refractivity contribution in [2.45, 2.75) is 6.42 Å². The maximum absolute atomic E-state index is 12.0. The minimum absolute atomic E-state index is 0. The van der Waals surface area contributed by atoms with Crippen LogP contribution in [0.15, 0.2) is 24.3 Å². The summed E-state index contributed by atoms with van der Waals surface area (Å²) in [5.41, 5.74) is 1.04. The number of ether oxygens (including phenoxy) is 1. The number of rotatable bonds is 3. The monoisotopic (exact) mass is 270 g/mol. The van der Waals surface area contributed by atoms with Crippen LogP contribution in [0.5, 0.6) is 5.75 Å². The molecule has 1 amide bonds. The van der Waals surface area contributed by atoms with E-state index in [-0.39, 0.29) is 18.3 Å². The lowest BCUT2D eigenvalue weighted by Crippen LogP contribution is -2.46. The Morgan fingerprint density at radius 3 is 2.44 bits per heavy atom. The highest BCUT2D eigenvalue weighted by molar-refractivity contribution is 5.85. The molecule has 0 radical (unpaired) electrons. The van der Waals surface area contributed by atoms with Gasteiger partial charge in [-0.25, -0.2) is 0 Å². The molecule has 0 aromatic heterocycles. The molecule has 1 aromatic rings. The number of nitrogens with zero attached hydrogens (tertiary/aromatic N) is 1. The van der Waals surface area contributed by atoms with E-state index in [1.807, 2.05) is 29.2 Å². The highest BCUT2D eigenvalue weighted by Crippen LogP contribution is 2.12. The third-order valence-corrected chi connectivity index (χ3v) is 2.98. The summed E-state index contributed by atoms with van der Waals surface area (Å²) in [4.78, 5) is 13.9. The lowest BCUT2D eigenvalue weighted by atomic mass is 10.1. The Morgan fingerprint density at radius 2 is 1.89 bits per heavy atom. The molecule has 2 rings (SSSR count). The van der Waals surface area contributed by atoms with Gasteiger partial charge >= 0.3 is 0 Å². The van der Waals surface area contributed by atoms with Crippen LogP contribution in [0, 0.1) is 0 Å². The molecule has 0 atom stereocenters. The lowest BCUT2D eigenvalue weighted by molar-refractivity contribution is -0.131. The first-order valence-corrected chi connectivity index (χ1v) is 5.91. The molecule has 0 aliphatic carbocycles. The second kappa shape index (κ2) is 7.24. The molecular weight excluding hydrogens is 252 g/mol. The van der Waals surface area contributed by atoms with Crippen LogP contribution in [0.4, 0.5) is 0 Å². The molecule has 1 aliphatic rings. The van der Waals surface area contributed by atoms with Gasteiger partial charge in [0.05, 0.1) is 13.5 Å². The molecule has 1 saturated heterocycles. The van der Waals surface area contributed by atoms with Gasteiger partial charge in [-0.15, -0.1) is 12.4 Å². The molecular formula is C13H19ClN2O2. The average Bonchev–Trinajstić information content (AvgIpc) is 2.40. The van der Waals surface area contributed by atoms with Crippen LogP contribution in [0.1, 0.15) is 5.56 Å². The first-order valence-electron chi connectivity index (χ1n) is 5.91. The maximum Gasteiger partial charge on any atom is 0.227 e. The summed E-state index contributed by atoms with van der Waals surface area (Å²) in [6.45, 7) is 3.42. The van der Waals surface area contributed by atoms with Gasteiger partial charge in [0.15, 0.2) is 0 Å². The van der Waals surface area contributed by atoms with Gasteiger partial charge in [-0.1, -0.05) is 12.1 Å². The number of amides is 1. The average molecular weight is 271 g/mol. The zero-order valence-corrected chi connectivity index (χ0v) is 11.3. The number of piperazine rings is 1. The van der Waals surface area contributed by atoms with Crippen molar-refractivity contribution in [3.05, 3.63) is 29.8 Å². The first-order chi connectivity index (χ1) is 8.29. The van der Waals surface area contributed by atoms with Gasteiger partial charge < -0.3 is 15.0 Å². The molecule has 0 saturated carbocycles. The lowest BCUT2D eigenvalue weighted by Gasteiger charge is -2.27. The van der Waals surface area contributed by atoms with E-state index < -0.39 is 0 Å². The molecule has 18 heavy (non-hydrogen) atoms. The molecule has 1 N–H and O–H groups in total. The quantitative estimate of drug-likeness (QED) is 0.894. The molecule has 1 aromatic carbocycles. The maximum atomic E-state index is 12.0. The smallest absolute Gasteiger partial charge is 0.227 e. The third kappa shape index (κ3) is 3.89. The Bertz CT molecular complexity index is 375. The Morgan fingerprint density at radius 1 is 1.28 bits per heavy atom. The number of hydrogen-bond donors (Lipinski definition) is 1. The molecule has 1 heterocycles. The second-order valence-electron chi connectivity index (χ2n) is 4.16. The van der Waals surface area contributed by atoms with Gasteiger partial charge in [0.1, 0.15) is 5.75 Å². The van der Waals surface area contributed by atoms with Crippen molar-refractivity contribution in [2.75, 3.05) is 33.3 Å². The van der Waals surface area contributed by atoms with Crippen molar-refractivity contribution in [2.24, 2.45) is 0 Å². The molecule has 0 unspecified atom stereocenters. The van der Waals surface area contributed by atoms with Crippen LogP contribution in [0.3, 0.4) is 0 Å². The van der Waals surface area contributed by atoms with Crippen molar-refractivity contribution in [1.29, 1.82) is 0 Å². The zero-order valence-electron chi connectivity index (χ0n) is 10.5. The Labute approximate surface area is 114 Å². The molecule has 4 nitrogen and oxygen atoms in total. The summed E-state index contributed by atoms with van der Waals surface area (Å²) < 4.78 is 5.09. The van der Waals surface area contributed by atoms with E-state index in [9.17, 15) is 4.79 Å². The highest BCUT2D eigenvalue weighted by atomic mass is 35.5. The van der Waals surface area contributed by atoms with Gasteiger partial charge in [-0.3, -0.25) is 4.79 Å². The summed E-state index contributed by atoms with van der Waals surface area (Å²) in [7, 11) is 1.64. The molecule has 1 fully saturated rings. The minimum Gasteiger partial charge on any atom is -0.497 e. The van der Waals surface area contributed by atoms with Crippen LogP contribution >= 0.6 is 12.4 Å². The normalized spacial score (nSPS) is 14.8. The predicted octanol–water partition coefficient (Wildman–Crippen LogP) is 1.09. The van der Waals surface area contributed by atoms with Gasteiger partial charge in [-0.05, 0) is 17.7 Å². The summed E-state index contributed by atoms with van der Waals surface area (Å²) in [5.74, 6) is 1.03. The van der Waals surface area contributed by atoms with Crippen molar-refractivity contribution in [3.63, 3.8) is 0 Å². The number of carbonyl (C=O) groups is 1. The second-order valence-corrected chi connectivity index (χ2v) is 4.16. The molecule has 0 bridgehead atoms. The number of carbonyl (C=O) groups excluding carboxylic acids is 1. The van der Waals surface area contributed by atoms with E-state index in [4.69, 9.17) is 4.74 Å². The van der Waals surface area contributed by atoms with E-state index in [1.165, 1.54) is 0 Å². The highest BCUT2D eigenvalue weighted by Gasteiger charge is 2.16. The van der Waals surface area contributed by atoms with Crippen LogP contribution in [-0.4, -0.2) is 44.1 Å². The van der Waals surface area contributed by atoms with Gasteiger partial charge in [0.25, 0.3) is 0 Å². The SMILES string of the molecule is COc1ccc(CC(=O)N2CCNCC2)cc1.Cl. The number of nitrogens with one attached hydrogen (secondary N) is 1. The fourth-order valence-corrected chi connectivity index (χ4v) is 1.94. The standard InChI is InChI=1S/C13H18N2O2.ClH/c1-17-12-4-2-11(3-5-12)10-13(16)15-8-6-14-7-9-15;/h2-5,14H,6-10H2,1H3;1H. The summed E-state index contributed by atoms with van der Waals surface area (Å²) in [5, 5.41) is 3.24. The minimum atomic E-state index is 0. The van der Waals surface area contributed by atoms with E-state index in [2.05, 4.69) is 5.32 Å². The number of benzene rings is 1. The van der Waals surface area contributed by atoms with Crippen molar-refractivity contribution in [1.82, 2.24) is 10.2 Å². The Balaban J connectivity index is 0.00000162. The predicted molar refractivity (Wildman–Crippen MR) is 73.4 cm³/mol. The molecule has 0 spiro atoms. The summed E-state index contributed by atoms with van der Waals surface area (Å²) >= 11 is 0. The summed E-state index contributed by atoms with van der Waals surface area (Å²) in [6, 6.07) is 7.67. The Hall–Kier alpha value is -1.26. The third-order valence-electron chi connectivity index (χ3n) is 2.98. The fraction of sp³-hybridized carbons (Fsp3) is 0.462. The molecule has 1 aliphatic heterocycles.